The molecule has 2 atom stereocenters. The Morgan fingerprint density at radius 2 is 1.81 bits per heavy atom. The second-order valence-electron chi connectivity index (χ2n) is 6.76. The fourth-order valence-electron chi connectivity index (χ4n) is 3.26. The zero-order valence-electron chi connectivity index (χ0n) is 15.1. The van der Waals surface area contributed by atoms with E-state index < -0.39 is 23.8 Å². The predicted molar refractivity (Wildman–Crippen MR) is 100.0 cm³/mol. The van der Waals surface area contributed by atoms with Gasteiger partial charge in [0.2, 0.25) is 0 Å². The first-order valence-electron chi connectivity index (χ1n) is 8.62. The summed E-state index contributed by atoms with van der Waals surface area (Å²) in [5.74, 6) is -1.92. The number of aliphatic hydroxyl groups excluding tert-OH is 2. The Balaban J connectivity index is 2.19. The third kappa shape index (κ3) is 3.57. The number of β-amino-alcohol motifs (C(OH)–C–C–N with tert-alkyl or cyclic N) is 1. The molecule has 1 aliphatic rings. The number of carbonyl (C=O) groups is 2. The summed E-state index contributed by atoms with van der Waals surface area (Å²) in [5, 5.41) is 30.4. The summed E-state index contributed by atoms with van der Waals surface area (Å²) in [6, 6.07) is 12.2. The molecule has 0 radical (unpaired) electrons. The number of hydrogen-bond acceptors (Lipinski definition) is 5. The predicted octanol–water partition coefficient (Wildman–Crippen LogP) is 2.50. The zero-order valence-corrected chi connectivity index (χ0v) is 15.1. The summed E-state index contributed by atoms with van der Waals surface area (Å²) in [6.07, 6.45) is -0.859. The summed E-state index contributed by atoms with van der Waals surface area (Å²) in [6.45, 7) is 3.34. The molecule has 0 spiro atoms. The van der Waals surface area contributed by atoms with Crippen LogP contribution in [0.2, 0.25) is 0 Å². The number of amides is 1. The highest BCUT2D eigenvalue weighted by atomic mass is 16.3. The van der Waals surface area contributed by atoms with Gasteiger partial charge >= 0.3 is 0 Å². The number of rotatable bonds is 4. The number of phenols is 1. The Hall–Kier alpha value is -3.12. The van der Waals surface area contributed by atoms with Crippen molar-refractivity contribution in [3.8, 4) is 5.75 Å². The minimum Gasteiger partial charge on any atom is -0.508 e. The molecule has 0 aromatic heterocycles. The van der Waals surface area contributed by atoms with Crippen molar-refractivity contribution in [3.05, 3.63) is 70.8 Å². The SMILES string of the molecule is Cc1ccc(/C(O)=C2/C(=O)C(=O)N(CC(C)O)C2c2cccc(O)c2)cc1. The van der Waals surface area contributed by atoms with Crippen molar-refractivity contribution >= 4 is 17.4 Å². The molecule has 2 unspecified atom stereocenters. The number of likely N-dealkylation sites (tertiary alicyclic amines) is 1. The molecule has 2 aromatic rings. The fourth-order valence-corrected chi connectivity index (χ4v) is 3.26. The topological polar surface area (TPSA) is 98.1 Å². The van der Waals surface area contributed by atoms with Crippen LogP contribution in [-0.4, -0.2) is 44.6 Å². The van der Waals surface area contributed by atoms with Gasteiger partial charge in [0.25, 0.3) is 11.7 Å². The normalized spacial score (nSPS) is 20.1. The molecule has 1 fully saturated rings. The van der Waals surface area contributed by atoms with Crippen LogP contribution >= 0.6 is 0 Å². The number of nitrogens with zero attached hydrogens (tertiary/aromatic N) is 1. The Labute approximate surface area is 157 Å². The number of phenolic OH excluding ortho intramolecular Hbond substituents is 1. The van der Waals surface area contributed by atoms with Crippen LogP contribution in [-0.2, 0) is 9.59 Å². The van der Waals surface area contributed by atoms with Gasteiger partial charge in [0.15, 0.2) is 0 Å². The van der Waals surface area contributed by atoms with E-state index in [9.17, 15) is 24.9 Å². The van der Waals surface area contributed by atoms with Gasteiger partial charge in [-0.25, -0.2) is 0 Å². The molecular weight excluding hydrogens is 346 g/mol. The summed E-state index contributed by atoms with van der Waals surface area (Å²) >= 11 is 0. The number of aromatic hydroxyl groups is 1. The molecule has 1 heterocycles. The molecule has 6 nitrogen and oxygen atoms in total. The lowest BCUT2D eigenvalue weighted by atomic mass is 9.95. The molecule has 3 rings (SSSR count). The molecule has 140 valence electrons. The van der Waals surface area contributed by atoms with Gasteiger partial charge in [-0.3, -0.25) is 9.59 Å². The van der Waals surface area contributed by atoms with Gasteiger partial charge in [-0.2, -0.15) is 0 Å². The van der Waals surface area contributed by atoms with Gasteiger partial charge in [0, 0.05) is 12.1 Å². The monoisotopic (exact) mass is 367 g/mol. The van der Waals surface area contributed by atoms with E-state index in [1.54, 1.807) is 36.4 Å². The smallest absolute Gasteiger partial charge is 0.295 e. The summed E-state index contributed by atoms with van der Waals surface area (Å²) in [7, 11) is 0. The van der Waals surface area contributed by atoms with Crippen LogP contribution in [0.25, 0.3) is 5.76 Å². The highest BCUT2D eigenvalue weighted by molar-refractivity contribution is 6.46. The molecule has 0 aliphatic carbocycles. The molecule has 27 heavy (non-hydrogen) atoms. The Bertz CT molecular complexity index is 914. The molecule has 3 N–H and O–H groups in total. The summed E-state index contributed by atoms with van der Waals surface area (Å²) in [4.78, 5) is 26.5. The number of benzene rings is 2. The Kier molecular flexibility index (Phi) is 5.01. The lowest BCUT2D eigenvalue weighted by molar-refractivity contribution is -0.140. The van der Waals surface area contributed by atoms with E-state index in [0.717, 1.165) is 5.56 Å². The van der Waals surface area contributed by atoms with Crippen LogP contribution in [0.4, 0.5) is 0 Å². The zero-order chi connectivity index (χ0) is 19.7. The second kappa shape index (κ2) is 7.25. The third-order valence-corrected chi connectivity index (χ3v) is 4.51. The van der Waals surface area contributed by atoms with Gasteiger partial charge in [0.05, 0.1) is 17.7 Å². The van der Waals surface area contributed by atoms with Crippen molar-refractivity contribution in [3.63, 3.8) is 0 Å². The maximum absolute atomic E-state index is 12.7. The highest BCUT2D eigenvalue weighted by Gasteiger charge is 2.46. The highest BCUT2D eigenvalue weighted by Crippen LogP contribution is 2.40. The van der Waals surface area contributed by atoms with E-state index in [1.807, 2.05) is 6.92 Å². The van der Waals surface area contributed by atoms with Crippen LogP contribution in [0.15, 0.2) is 54.1 Å². The van der Waals surface area contributed by atoms with Crippen LogP contribution in [0, 0.1) is 6.92 Å². The van der Waals surface area contributed by atoms with Gasteiger partial charge < -0.3 is 20.2 Å². The minimum absolute atomic E-state index is 0.0227. The molecule has 2 aromatic carbocycles. The van der Waals surface area contributed by atoms with E-state index in [2.05, 4.69) is 0 Å². The second-order valence-corrected chi connectivity index (χ2v) is 6.76. The lowest BCUT2D eigenvalue weighted by Gasteiger charge is -2.26. The van der Waals surface area contributed by atoms with Crippen molar-refractivity contribution < 1.29 is 24.9 Å². The van der Waals surface area contributed by atoms with Gasteiger partial charge in [-0.05, 0) is 31.5 Å². The Morgan fingerprint density at radius 1 is 1.15 bits per heavy atom. The third-order valence-electron chi connectivity index (χ3n) is 4.51. The Morgan fingerprint density at radius 3 is 2.41 bits per heavy atom. The number of carbonyl (C=O) groups excluding carboxylic acids is 2. The number of ketones is 1. The van der Waals surface area contributed by atoms with E-state index in [4.69, 9.17) is 0 Å². The number of Topliss-reactive ketones (excluding diaryl/α,β-unsaturated/α-hetero) is 1. The van der Waals surface area contributed by atoms with Crippen molar-refractivity contribution in [2.24, 2.45) is 0 Å². The molecular formula is C21H21NO5. The van der Waals surface area contributed by atoms with Crippen molar-refractivity contribution in [1.82, 2.24) is 4.90 Å². The van der Waals surface area contributed by atoms with Crippen molar-refractivity contribution in [1.29, 1.82) is 0 Å². The first kappa shape index (κ1) is 18.7. The maximum atomic E-state index is 12.7. The van der Waals surface area contributed by atoms with E-state index >= 15 is 0 Å². The van der Waals surface area contributed by atoms with Gasteiger partial charge in [-0.15, -0.1) is 0 Å². The van der Waals surface area contributed by atoms with Crippen LogP contribution in [0.3, 0.4) is 0 Å². The first-order chi connectivity index (χ1) is 12.8. The minimum atomic E-state index is -0.895. The number of aryl methyl sites for hydroxylation is 1. The van der Waals surface area contributed by atoms with Crippen molar-refractivity contribution in [2.75, 3.05) is 6.54 Å². The van der Waals surface area contributed by atoms with Crippen LogP contribution in [0.1, 0.15) is 29.7 Å². The quantitative estimate of drug-likeness (QED) is 0.438. The van der Waals surface area contributed by atoms with Crippen LogP contribution < -0.4 is 0 Å². The van der Waals surface area contributed by atoms with Crippen molar-refractivity contribution in [2.45, 2.75) is 26.0 Å². The average molecular weight is 367 g/mol. The van der Waals surface area contributed by atoms with E-state index in [-0.39, 0.29) is 23.6 Å². The van der Waals surface area contributed by atoms with Gasteiger partial charge in [0.1, 0.15) is 11.5 Å². The van der Waals surface area contributed by atoms with E-state index in [0.29, 0.717) is 11.1 Å². The molecule has 0 bridgehead atoms. The number of hydrogen-bond donors (Lipinski definition) is 3. The molecule has 6 heteroatoms. The fraction of sp³-hybridized carbons (Fsp3) is 0.238. The number of aliphatic hydroxyl groups is 2. The standard InChI is InChI=1S/C21H21NO5/c1-12-6-8-14(9-7-12)19(25)17-18(15-4-3-5-16(24)10-15)22(11-13(2)23)21(27)20(17)26/h3-10,13,18,23-25H,11H2,1-2H3/b19-17-. The first-order valence-corrected chi connectivity index (χ1v) is 8.62. The van der Waals surface area contributed by atoms with E-state index in [1.165, 1.54) is 24.0 Å². The van der Waals surface area contributed by atoms with Gasteiger partial charge in [-0.1, -0.05) is 42.0 Å². The summed E-state index contributed by atoms with van der Waals surface area (Å²) in [5.41, 5.74) is 1.82. The molecule has 1 aliphatic heterocycles. The summed E-state index contributed by atoms with van der Waals surface area (Å²) < 4.78 is 0. The van der Waals surface area contributed by atoms with Crippen LogP contribution in [0.5, 0.6) is 5.75 Å². The maximum Gasteiger partial charge on any atom is 0.295 e. The average Bonchev–Trinajstić information content (AvgIpc) is 2.86. The molecule has 0 saturated carbocycles. The molecule has 1 amide bonds. The largest absolute Gasteiger partial charge is 0.508 e. The molecule has 1 saturated heterocycles. The lowest BCUT2D eigenvalue weighted by Crippen LogP contribution is -2.35.